The highest BCUT2D eigenvalue weighted by Gasteiger charge is 2.39. The molecule has 4 unspecified atom stereocenters. The summed E-state index contributed by atoms with van der Waals surface area (Å²) in [4.78, 5) is 38.0. The second-order valence-electron chi connectivity index (χ2n) is 13.5. The zero-order valence-electron chi connectivity index (χ0n) is 27.9. The average molecular weight is 659 g/mol. The van der Waals surface area contributed by atoms with Crippen molar-refractivity contribution >= 4 is 17.8 Å². The number of amides is 1. The minimum atomic E-state index is -0.999. The third kappa shape index (κ3) is 9.73. The quantitative estimate of drug-likeness (QED) is 0.210. The first-order valence-corrected chi connectivity index (χ1v) is 16.6. The summed E-state index contributed by atoms with van der Waals surface area (Å²) in [6, 6.07) is 23.3. The number of carboxylic acid groups (broad SMARTS) is 1. The van der Waals surface area contributed by atoms with E-state index < -0.39 is 17.9 Å². The van der Waals surface area contributed by atoms with Crippen LogP contribution < -0.4 is 5.32 Å². The van der Waals surface area contributed by atoms with Crippen LogP contribution in [0.25, 0.3) is 11.1 Å². The van der Waals surface area contributed by atoms with Gasteiger partial charge in [0.25, 0.3) is 0 Å². The summed E-state index contributed by atoms with van der Waals surface area (Å²) >= 11 is 0. The van der Waals surface area contributed by atoms with E-state index >= 15 is 0 Å². The number of carbonyl (C=O) groups excluding carboxylic acids is 2. The number of aliphatic carboxylic acids is 1. The van der Waals surface area contributed by atoms with Crippen LogP contribution in [-0.4, -0.2) is 63.8 Å². The van der Waals surface area contributed by atoms with Crippen molar-refractivity contribution in [2.24, 2.45) is 0 Å². The lowest BCUT2D eigenvalue weighted by Gasteiger charge is -2.38. The highest BCUT2D eigenvalue weighted by molar-refractivity contribution is 5.80. The van der Waals surface area contributed by atoms with Gasteiger partial charge in [-0.3, -0.25) is 19.3 Å². The van der Waals surface area contributed by atoms with Crippen molar-refractivity contribution in [1.29, 1.82) is 0 Å². The van der Waals surface area contributed by atoms with Crippen LogP contribution in [0.15, 0.2) is 72.8 Å². The molecule has 2 aliphatic heterocycles. The highest BCUT2D eigenvalue weighted by Crippen LogP contribution is 2.39. The number of rotatable bonds is 12. The summed E-state index contributed by atoms with van der Waals surface area (Å²) in [6.07, 6.45) is 0.965. The van der Waals surface area contributed by atoms with Gasteiger partial charge in [0, 0.05) is 31.5 Å². The molecule has 4 atom stereocenters. The summed E-state index contributed by atoms with van der Waals surface area (Å²) in [5.74, 6) is -1.49. The number of benzene rings is 3. The number of hydrogen-bond acceptors (Lipinski definition) is 8. The van der Waals surface area contributed by atoms with Crippen molar-refractivity contribution in [2.45, 2.75) is 96.2 Å². The lowest BCUT2D eigenvalue weighted by Crippen LogP contribution is -2.45. The van der Waals surface area contributed by atoms with E-state index in [9.17, 15) is 19.5 Å². The number of carbonyl (C=O) groups is 3. The molecule has 0 saturated carbocycles. The molecule has 0 aromatic heterocycles. The number of aliphatic hydroxyl groups is 1. The van der Waals surface area contributed by atoms with Crippen molar-refractivity contribution in [2.75, 3.05) is 13.1 Å². The van der Waals surface area contributed by atoms with Crippen molar-refractivity contribution in [3.8, 4) is 11.1 Å². The number of aliphatic hydroxyl groups excluding tert-OH is 1. The van der Waals surface area contributed by atoms with Crippen LogP contribution in [-0.2, 0) is 41.7 Å². The Bertz CT molecular complexity index is 1550. The van der Waals surface area contributed by atoms with Gasteiger partial charge < -0.3 is 29.7 Å². The lowest BCUT2D eigenvalue weighted by atomic mass is 9.98. The molecule has 0 radical (unpaired) electrons. The Morgan fingerprint density at radius 3 is 2.33 bits per heavy atom. The molecule has 256 valence electrons. The molecule has 10 nitrogen and oxygen atoms in total. The molecule has 2 saturated heterocycles. The molecule has 0 spiro atoms. The number of likely N-dealkylation sites (tertiary alicyclic amines) is 1. The van der Waals surface area contributed by atoms with Gasteiger partial charge in [-0.25, -0.2) is 0 Å². The molecule has 10 heteroatoms. The van der Waals surface area contributed by atoms with Crippen LogP contribution in [0.3, 0.4) is 0 Å². The average Bonchev–Trinajstić information content (AvgIpc) is 3.54. The number of ether oxygens (including phenoxy) is 3. The molecule has 48 heavy (non-hydrogen) atoms. The molecule has 3 N–H and O–H groups in total. The van der Waals surface area contributed by atoms with E-state index in [1.54, 1.807) is 0 Å². The zero-order chi connectivity index (χ0) is 34.3. The predicted molar refractivity (Wildman–Crippen MR) is 179 cm³/mol. The van der Waals surface area contributed by atoms with Crippen LogP contribution in [0, 0.1) is 0 Å². The zero-order valence-corrected chi connectivity index (χ0v) is 27.9. The molecular weight excluding hydrogens is 612 g/mol. The summed E-state index contributed by atoms with van der Waals surface area (Å²) < 4.78 is 18.9. The molecule has 3 aromatic rings. The first-order valence-electron chi connectivity index (χ1n) is 16.6. The fraction of sp³-hybridized carbons (Fsp3) is 0.447. The molecule has 2 fully saturated rings. The van der Waals surface area contributed by atoms with Gasteiger partial charge in [-0.2, -0.15) is 0 Å². The van der Waals surface area contributed by atoms with Gasteiger partial charge >= 0.3 is 11.9 Å². The molecule has 0 bridgehead atoms. The first-order chi connectivity index (χ1) is 23.0. The van der Waals surface area contributed by atoms with E-state index in [-0.39, 0.29) is 49.6 Å². The third-order valence-corrected chi connectivity index (χ3v) is 8.59. The van der Waals surface area contributed by atoms with E-state index in [0.29, 0.717) is 19.5 Å². The van der Waals surface area contributed by atoms with Crippen LogP contribution in [0.1, 0.15) is 87.5 Å². The standard InChI is InChI=1S/C38H46N2O8/c1-38(2,3)48-36(45)32-8-5-19-40(32)23-31-21-33(28-11-9-25(24-41)10-12-28)47-37(46-31)29-15-13-27(14-16-29)30-7-4-6-26(20-30)22-39-34(42)17-18-35(43)44/h4,6-7,9-16,20,31-33,37,41H,5,8,17-19,21-24H2,1-3H3,(H,39,42)(H,43,44). The fourth-order valence-corrected chi connectivity index (χ4v) is 6.18. The Hall–Kier alpha value is -4.09. The van der Waals surface area contributed by atoms with Gasteiger partial charge in [0.2, 0.25) is 5.91 Å². The van der Waals surface area contributed by atoms with Crippen LogP contribution in [0.5, 0.6) is 0 Å². The Morgan fingerprint density at radius 1 is 0.917 bits per heavy atom. The second-order valence-corrected chi connectivity index (χ2v) is 13.5. The summed E-state index contributed by atoms with van der Waals surface area (Å²) in [5, 5.41) is 21.1. The summed E-state index contributed by atoms with van der Waals surface area (Å²) in [7, 11) is 0. The minimum Gasteiger partial charge on any atom is -0.481 e. The largest absolute Gasteiger partial charge is 0.481 e. The molecule has 2 heterocycles. The van der Waals surface area contributed by atoms with Gasteiger partial charge in [-0.1, -0.05) is 66.7 Å². The van der Waals surface area contributed by atoms with Crippen molar-refractivity contribution in [3.05, 3.63) is 95.1 Å². The summed E-state index contributed by atoms with van der Waals surface area (Å²) in [6.45, 7) is 7.31. The van der Waals surface area contributed by atoms with Crippen LogP contribution in [0.4, 0.5) is 0 Å². The van der Waals surface area contributed by atoms with Gasteiger partial charge in [-0.05, 0) is 74.0 Å². The summed E-state index contributed by atoms with van der Waals surface area (Å²) in [5.41, 5.74) is 5.01. The van der Waals surface area contributed by atoms with Gasteiger partial charge in [0.15, 0.2) is 6.29 Å². The van der Waals surface area contributed by atoms with E-state index in [0.717, 1.165) is 52.8 Å². The Kier molecular flexibility index (Phi) is 11.6. The molecule has 3 aromatic carbocycles. The Balaban J connectivity index is 1.30. The molecule has 5 rings (SSSR count). The maximum Gasteiger partial charge on any atom is 0.323 e. The SMILES string of the molecule is CC(C)(C)OC(=O)C1CCCN1CC1CC(c2ccc(CO)cc2)OC(c2ccc(-c3cccc(CNC(=O)CCC(=O)O)c3)cc2)O1. The van der Waals surface area contributed by atoms with E-state index in [1.165, 1.54) is 0 Å². The number of nitrogens with one attached hydrogen (secondary N) is 1. The molecule has 1 amide bonds. The second kappa shape index (κ2) is 15.9. The Morgan fingerprint density at radius 2 is 1.65 bits per heavy atom. The number of nitrogens with zero attached hydrogens (tertiary/aromatic N) is 1. The van der Waals surface area contributed by atoms with Crippen molar-refractivity contribution in [3.63, 3.8) is 0 Å². The molecular formula is C38H46N2O8. The fourth-order valence-electron chi connectivity index (χ4n) is 6.18. The van der Waals surface area contributed by atoms with Crippen molar-refractivity contribution in [1.82, 2.24) is 10.2 Å². The smallest absolute Gasteiger partial charge is 0.323 e. The van der Waals surface area contributed by atoms with Gasteiger partial charge in [-0.15, -0.1) is 0 Å². The van der Waals surface area contributed by atoms with E-state index in [1.807, 2.05) is 93.6 Å². The molecule has 2 aliphatic rings. The number of carboxylic acids is 1. The molecule has 0 aliphatic carbocycles. The normalized spacial score (nSPS) is 21.5. The van der Waals surface area contributed by atoms with E-state index in [2.05, 4.69) is 10.2 Å². The lowest BCUT2D eigenvalue weighted by molar-refractivity contribution is -0.253. The number of hydrogen-bond donors (Lipinski definition) is 3. The monoisotopic (exact) mass is 658 g/mol. The van der Waals surface area contributed by atoms with Gasteiger partial charge in [0.1, 0.15) is 11.6 Å². The minimum absolute atomic E-state index is 0.0299. The van der Waals surface area contributed by atoms with Crippen LogP contribution >= 0.6 is 0 Å². The van der Waals surface area contributed by atoms with Crippen molar-refractivity contribution < 1.29 is 38.8 Å². The van der Waals surface area contributed by atoms with Gasteiger partial charge in [0.05, 0.1) is 25.2 Å². The maximum absolute atomic E-state index is 13.0. The first kappa shape index (κ1) is 35.2. The predicted octanol–water partition coefficient (Wildman–Crippen LogP) is 5.68. The maximum atomic E-state index is 13.0. The van der Waals surface area contributed by atoms with Crippen LogP contribution in [0.2, 0.25) is 0 Å². The highest BCUT2D eigenvalue weighted by atomic mass is 16.7. The third-order valence-electron chi connectivity index (χ3n) is 8.59. The number of esters is 1. The topological polar surface area (TPSA) is 135 Å². The van der Waals surface area contributed by atoms with E-state index in [4.69, 9.17) is 19.3 Å². The Labute approximate surface area is 282 Å².